The van der Waals surface area contributed by atoms with E-state index in [0.717, 1.165) is 19.5 Å². The molecule has 0 fully saturated rings. The molecule has 1 nitrogen and oxygen atoms in total. The summed E-state index contributed by atoms with van der Waals surface area (Å²) in [5.74, 6) is 1.27. The van der Waals surface area contributed by atoms with E-state index in [1.54, 1.807) is 0 Å². The zero-order valence-electron chi connectivity index (χ0n) is 9.76. The van der Waals surface area contributed by atoms with E-state index in [9.17, 15) is 0 Å². The zero-order valence-corrected chi connectivity index (χ0v) is 11.3. The Morgan fingerprint density at radius 1 is 1.00 bits per heavy atom. The molecular formula is C13H19Cl2N. The second-order valence-corrected chi connectivity index (χ2v) is 4.54. The molecule has 0 saturated carbocycles. The van der Waals surface area contributed by atoms with Gasteiger partial charge in [0.2, 0.25) is 0 Å². The summed E-state index contributed by atoms with van der Waals surface area (Å²) in [6, 6.07) is 8.69. The van der Waals surface area contributed by atoms with E-state index in [-0.39, 0.29) is 0 Å². The van der Waals surface area contributed by atoms with E-state index in [0.29, 0.717) is 11.8 Å². The van der Waals surface area contributed by atoms with Crippen LogP contribution in [-0.4, -0.2) is 24.8 Å². The summed E-state index contributed by atoms with van der Waals surface area (Å²) >= 11 is 11.6. The van der Waals surface area contributed by atoms with Gasteiger partial charge in [-0.3, -0.25) is 0 Å². The molecule has 0 aromatic heterocycles. The van der Waals surface area contributed by atoms with Gasteiger partial charge in [-0.25, -0.2) is 0 Å². The molecule has 0 N–H and O–H groups in total. The van der Waals surface area contributed by atoms with Crippen molar-refractivity contribution < 1.29 is 0 Å². The van der Waals surface area contributed by atoms with Crippen molar-refractivity contribution in [3.63, 3.8) is 0 Å². The van der Waals surface area contributed by atoms with Crippen LogP contribution in [0.15, 0.2) is 24.3 Å². The Kier molecular flexibility index (Phi) is 6.67. The maximum atomic E-state index is 5.78. The third kappa shape index (κ3) is 4.23. The number of halogens is 2. The fourth-order valence-electron chi connectivity index (χ4n) is 1.74. The summed E-state index contributed by atoms with van der Waals surface area (Å²) in [5.41, 5.74) is 2.60. The average Bonchev–Trinajstić information content (AvgIpc) is 2.30. The smallest absolute Gasteiger partial charge is 0.0399 e. The van der Waals surface area contributed by atoms with E-state index < -0.39 is 0 Å². The third-order valence-electron chi connectivity index (χ3n) is 2.55. The number of aryl methyl sites for hydroxylation is 1. The molecule has 3 heteroatoms. The molecule has 1 aromatic rings. The van der Waals surface area contributed by atoms with E-state index >= 15 is 0 Å². The van der Waals surface area contributed by atoms with Crippen LogP contribution in [0.4, 0.5) is 5.69 Å². The summed E-state index contributed by atoms with van der Waals surface area (Å²) in [6.45, 7) is 3.89. The van der Waals surface area contributed by atoms with Gasteiger partial charge in [-0.1, -0.05) is 25.5 Å². The van der Waals surface area contributed by atoms with Crippen molar-refractivity contribution in [3.8, 4) is 0 Å². The molecule has 90 valence electrons. The molecule has 0 radical (unpaired) electrons. The highest BCUT2D eigenvalue weighted by Crippen LogP contribution is 2.16. The van der Waals surface area contributed by atoms with E-state index in [2.05, 4.69) is 36.1 Å². The van der Waals surface area contributed by atoms with Gasteiger partial charge in [0.25, 0.3) is 0 Å². The minimum absolute atomic E-state index is 0.633. The van der Waals surface area contributed by atoms with Crippen LogP contribution < -0.4 is 4.90 Å². The topological polar surface area (TPSA) is 3.24 Å². The minimum atomic E-state index is 0.633. The molecule has 1 aromatic carbocycles. The average molecular weight is 260 g/mol. The van der Waals surface area contributed by atoms with Gasteiger partial charge in [0.15, 0.2) is 0 Å². The predicted octanol–water partition coefficient (Wildman–Crippen LogP) is 3.92. The highest BCUT2D eigenvalue weighted by atomic mass is 35.5. The van der Waals surface area contributed by atoms with Crippen LogP contribution in [0.1, 0.15) is 18.9 Å². The first-order chi connectivity index (χ1) is 7.81. The van der Waals surface area contributed by atoms with E-state index in [4.69, 9.17) is 23.2 Å². The lowest BCUT2D eigenvalue weighted by Crippen LogP contribution is -2.27. The molecule has 0 bridgehead atoms. The molecule has 1 rings (SSSR count). The van der Waals surface area contributed by atoms with Crippen LogP contribution in [0, 0.1) is 0 Å². The highest BCUT2D eigenvalue weighted by Gasteiger charge is 2.04. The monoisotopic (exact) mass is 259 g/mol. The van der Waals surface area contributed by atoms with Crippen LogP contribution in [0.2, 0.25) is 0 Å². The normalized spacial score (nSPS) is 10.4. The minimum Gasteiger partial charge on any atom is -0.369 e. The molecule has 0 atom stereocenters. The Hall–Kier alpha value is -0.400. The van der Waals surface area contributed by atoms with Gasteiger partial charge in [0.05, 0.1) is 0 Å². The second-order valence-electron chi connectivity index (χ2n) is 3.78. The largest absolute Gasteiger partial charge is 0.369 e. The highest BCUT2D eigenvalue weighted by molar-refractivity contribution is 6.18. The van der Waals surface area contributed by atoms with Crippen molar-refractivity contribution in [3.05, 3.63) is 29.8 Å². The van der Waals surface area contributed by atoms with Gasteiger partial charge in [-0.2, -0.15) is 0 Å². The van der Waals surface area contributed by atoms with Crippen molar-refractivity contribution in [2.75, 3.05) is 29.7 Å². The van der Waals surface area contributed by atoms with Crippen LogP contribution >= 0.6 is 23.2 Å². The summed E-state index contributed by atoms with van der Waals surface area (Å²) in [6.07, 6.45) is 2.33. The molecule has 0 aliphatic heterocycles. The standard InChI is InChI=1S/C13H19Cl2N/c1-2-3-12-4-6-13(7-5-12)16(10-8-14)11-9-15/h4-7H,2-3,8-11H2,1H3. The number of anilines is 1. The quantitative estimate of drug-likeness (QED) is 0.671. The summed E-state index contributed by atoms with van der Waals surface area (Å²) in [4.78, 5) is 2.22. The molecule has 0 aliphatic rings. The molecule has 0 aliphatic carbocycles. The predicted molar refractivity (Wildman–Crippen MR) is 74.1 cm³/mol. The summed E-state index contributed by atoms with van der Waals surface area (Å²) < 4.78 is 0. The SMILES string of the molecule is CCCc1ccc(N(CCCl)CCCl)cc1. The Bertz CT molecular complexity index is 278. The molecule has 0 saturated heterocycles. The van der Waals surface area contributed by atoms with Crippen LogP contribution in [-0.2, 0) is 6.42 Å². The number of rotatable bonds is 7. The van der Waals surface area contributed by atoms with Gasteiger partial charge in [-0.15, -0.1) is 23.2 Å². The first kappa shape index (κ1) is 13.7. The van der Waals surface area contributed by atoms with Crippen LogP contribution in [0.5, 0.6) is 0 Å². The van der Waals surface area contributed by atoms with Crippen molar-refractivity contribution in [2.24, 2.45) is 0 Å². The van der Waals surface area contributed by atoms with Gasteiger partial charge >= 0.3 is 0 Å². The van der Waals surface area contributed by atoms with E-state index in [1.807, 2.05) is 0 Å². The van der Waals surface area contributed by atoms with Crippen LogP contribution in [0.25, 0.3) is 0 Å². The Labute approximate surface area is 108 Å². The molecule has 0 spiro atoms. The number of benzene rings is 1. The number of hydrogen-bond donors (Lipinski definition) is 0. The zero-order chi connectivity index (χ0) is 11.8. The fourth-order valence-corrected chi connectivity index (χ4v) is 2.14. The molecule has 0 amide bonds. The van der Waals surface area contributed by atoms with Crippen molar-refractivity contribution >= 4 is 28.9 Å². The third-order valence-corrected chi connectivity index (χ3v) is 2.89. The summed E-state index contributed by atoms with van der Waals surface area (Å²) in [7, 11) is 0. The molecular weight excluding hydrogens is 241 g/mol. The number of alkyl halides is 2. The Balaban J connectivity index is 2.68. The lowest BCUT2D eigenvalue weighted by molar-refractivity contribution is 0.871. The maximum Gasteiger partial charge on any atom is 0.0399 e. The van der Waals surface area contributed by atoms with Gasteiger partial charge in [0.1, 0.15) is 0 Å². The van der Waals surface area contributed by atoms with Crippen molar-refractivity contribution in [1.29, 1.82) is 0 Å². The second kappa shape index (κ2) is 7.81. The Morgan fingerprint density at radius 2 is 1.56 bits per heavy atom. The van der Waals surface area contributed by atoms with Gasteiger partial charge in [0, 0.05) is 30.5 Å². The van der Waals surface area contributed by atoms with Crippen molar-refractivity contribution in [1.82, 2.24) is 0 Å². The van der Waals surface area contributed by atoms with E-state index in [1.165, 1.54) is 17.7 Å². The lowest BCUT2D eigenvalue weighted by Gasteiger charge is -2.23. The Morgan fingerprint density at radius 3 is 2.00 bits per heavy atom. The first-order valence-electron chi connectivity index (χ1n) is 5.77. The molecule has 0 unspecified atom stereocenters. The van der Waals surface area contributed by atoms with Gasteiger partial charge < -0.3 is 4.90 Å². The maximum absolute atomic E-state index is 5.78. The van der Waals surface area contributed by atoms with Crippen molar-refractivity contribution in [2.45, 2.75) is 19.8 Å². The first-order valence-corrected chi connectivity index (χ1v) is 6.84. The number of hydrogen-bond acceptors (Lipinski definition) is 1. The van der Waals surface area contributed by atoms with Gasteiger partial charge in [-0.05, 0) is 24.1 Å². The number of nitrogens with zero attached hydrogens (tertiary/aromatic N) is 1. The molecule has 16 heavy (non-hydrogen) atoms. The molecule has 0 heterocycles. The lowest BCUT2D eigenvalue weighted by atomic mass is 10.1. The fraction of sp³-hybridized carbons (Fsp3) is 0.538. The summed E-state index contributed by atoms with van der Waals surface area (Å²) in [5, 5.41) is 0. The van der Waals surface area contributed by atoms with Crippen LogP contribution in [0.3, 0.4) is 0 Å².